The zero-order valence-electron chi connectivity index (χ0n) is 15.7. The second-order valence-corrected chi connectivity index (χ2v) is 7.14. The van der Waals surface area contributed by atoms with Gasteiger partial charge < -0.3 is 9.64 Å². The minimum absolute atomic E-state index is 0.0609. The van der Waals surface area contributed by atoms with Gasteiger partial charge in [-0.25, -0.2) is 4.79 Å². The monoisotopic (exact) mass is 358 g/mol. The van der Waals surface area contributed by atoms with Crippen LogP contribution in [0.1, 0.15) is 61.9 Å². The Hall–Kier alpha value is -2.37. The molecule has 1 aliphatic heterocycles. The van der Waals surface area contributed by atoms with E-state index < -0.39 is 5.54 Å². The van der Waals surface area contributed by atoms with Gasteiger partial charge in [0.25, 0.3) is 5.91 Å². The number of amides is 3. The fourth-order valence-electron chi connectivity index (χ4n) is 4.06. The molecular weight excluding hydrogens is 332 g/mol. The molecule has 1 saturated heterocycles. The van der Waals surface area contributed by atoms with Gasteiger partial charge in [0.05, 0.1) is 13.2 Å². The van der Waals surface area contributed by atoms with E-state index in [4.69, 9.17) is 4.74 Å². The summed E-state index contributed by atoms with van der Waals surface area (Å²) in [5, 5.41) is 0. The Bertz CT molecular complexity index is 737. The van der Waals surface area contributed by atoms with Gasteiger partial charge in [0, 0.05) is 18.2 Å². The van der Waals surface area contributed by atoms with E-state index in [2.05, 4.69) is 0 Å². The fraction of sp³-hybridized carbons (Fsp3) is 0.550. The quantitative estimate of drug-likeness (QED) is 0.598. The number of hydrogen-bond acceptors (Lipinski definition) is 4. The lowest BCUT2D eigenvalue weighted by molar-refractivity contribution is -0.134. The molecule has 140 valence electrons. The van der Waals surface area contributed by atoms with Crippen LogP contribution in [0, 0.1) is 0 Å². The van der Waals surface area contributed by atoms with Crippen LogP contribution in [-0.4, -0.2) is 46.7 Å². The van der Waals surface area contributed by atoms with Gasteiger partial charge in [-0.05, 0) is 44.9 Å². The van der Waals surface area contributed by atoms with Gasteiger partial charge in [-0.2, -0.15) is 0 Å². The van der Waals surface area contributed by atoms with E-state index in [-0.39, 0.29) is 24.3 Å². The number of ketones is 1. The first-order chi connectivity index (χ1) is 12.4. The standard InChI is InChI=1S/C20H26N2O4/c1-4-26-17-9-8-15(14(2)23)12-16(17)13-22-18(24)20(21(3)19(22)25)10-6-5-7-11-20/h8-9,12H,4-7,10-11,13H2,1-3H3. The number of imide groups is 1. The largest absolute Gasteiger partial charge is 0.494 e. The molecule has 6 nitrogen and oxygen atoms in total. The number of carbonyl (C=O) groups excluding carboxylic acids is 3. The third kappa shape index (κ3) is 2.97. The average molecular weight is 358 g/mol. The molecule has 2 fully saturated rings. The lowest BCUT2D eigenvalue weighted by atomic mass is 9.80. The normalized spacial score (nSPS) is 19.3. The summed E-state index contributed by atoms with van der Waals surface area (Å²) in [7, 11) is 1.72. The van der Waals surface area contributed by atoms with E-state index in [0.717, 1.165) is 32.1 Å². The first-order valence-electron chi connectivity index (χ1n) is 9.27. The molecule has 6 heteroatoms. The van der Waals surface area contributed by atoms with Gasteiger partial charge in [-0.3, -0.25) is 14.5 Å². The van der Waals surface area contributed by atoms with Crippen molar-refractivity contribution in [1.29, 1.82) is 0 Å². The molecule has 0 unspecified atom stereocenters. The molecule has 0 N–H and O–H groups in total. The van der Waals surface area contributed by atoms with Crippen molar-refractivity contribution in [3.8, 4) is 5.75 Å². The van der Waals surface area contributed by atoms with Crippen molar-refractivity contribution in [1.82, 2.24) is 9.80 Å². The smallest absolute Gasteiger partial charge is 0.327 e. The Morgan fingerprint density at radius 2 is 1.88 bits per heavy atom. The minimum atomic E-state index is -0.695. The van der Waals surface area contributed by atoms with E-state index in [1.807, 2.05) is 6.92 Å². The van der Waals surface area contributed by atoms with Gasteiger partial charge in [0.1, 0.15) is 11.3 Å². The molecule has 1 saturated carbocycles. The Kier molecular flexibility index (Phi) is 5.03. The van der Waals surface area contributed by atoms with Crippen molar-refractivity contribution in [2.75, 3.05) is 13.7 Å². The minimum Gasteiger partial charge on any atom is -0.494 e. The summed E-state index contributed by atoms with van der Waals surface area (Å²) in [6.45, 7) is 3.97. The molecule has 0 bridgehead atoms. The van der Waals surface area contributed by atoms with Crippen molar-refractivity contribution in [3.05, 3.63) is 29.3 Å². The number of rotatable bonds is 5. The van der Waals surface area contributed by atoms with Gasteiger partial charge in [-0.15, -0.1) is 0 Å². The molecule has 1 aromatic carbocycles. The maximum atomic E-state index is 13.2. The molecule has 3 amide bonds. The summed E-state index contributed by atoms with van der Waals surface area (Å²) in [5.41, 5.74) is 0.532. The van der Waals surface area contributed by atoms with Crippen molar-refractivity contribution in [2.24, 2.45) is 0 Å². The molecule has 0 atom stereocenters. The number of Topliss-reactive ketones (excluding diaryl/α,β-unsaturated/α-hetero) is 1. The molecule has 1 aliphatic carbocycles. The summed E-state index contributed by atoms with van der Waals surface area (Å²) in [5.74, 6) is 0.417. The summed E-state index contributed by atoms with van der Waals surface area (Å²) < 4.78 is 5.64. The van der Waals surface area contributed by atoms with E-state index in [1.165, 1.54) is 11.8 Å². The SMILES string of the molecule is CCOc1ccc(C(C)=O)cc1CN1C(=O)N(C)C2(CCCCC2)C1=O. The number of carbonyl (C=O) groups is 3. The highest BCUT2D eigenvalue weighted by atomic mass is 16.5. The van der Waals surface area contributed by atoms with Crippen molar-refractivity contribution >= 4 is 17.7 Å². The van der Waals surface area contributed by atoms with Crippen LogP contribution < -0.4 is 4.74 Å². The Labute approximate surface area is 154 Å². The number of urea groups is 1. The van der Waals surface area contributed by atoms with Crippen molar-refractivity contribution < 1.29 is 19.1 Å². The Morgan fingerprint density at radius 3 is 2.50 bits per heavy atom. The van der Waals surface area contributed by atoms with Crippen LogP contribution in [0.4, 0.5) is 4.79 Å². The second kappa shape index (κ2) is 7.09. The number of hydrogen-bond donors (Lipinski definition) is 0. The third-order valence-corrected chi connectivity index (χ3v) is 5.58. The lowest BCUT2D eigenvalue weighted by Gasteiger charge is -2.35. The first-order valence-corrected chi connectivity index (χ1v) is 9.27. The van der Waals surface area contributed by atoms with Crippen LogP contribution in [0.15, 0.2) is 18.2 Å². The molecular formula is C20H26N2O4. The second-order valence-electron chi connectivity index (χ2n) is 7.14. The molecule has 1 heterocycles. The number of benzene rings is 1. The highest BCUT2D eigenvalue weighted by molar-refractivity contribution is 6.07. The third-order valence-electron chi connectivity index (χ3n) is 5.58. The van der Waals surface area contributed by atoms with Gasteiger partial charge in [0.15, 0.2) is 5.78 Å². The first kappa shape index (κ1) is 18.4. The summed E-state index contributed by atoms with van der Waals surface area (Å²) in [6.07, 6.45) is 4.46. The van der Waals surface area contributed by atoms with Crippen LogP contribution >= 0.6 is 0 Å². The lowest BCUT2D eigenvalue weighted by Crippen LogP contribution is -2.49. The maximum Gasteiger partial charge on any atom is 0.327 e. The van der Waals surface area contributed by atoms with Crippen LogP contribution in [0.3, 0.4) is 0 Å². The van der Waals surface area contributed by atoms with Crippen LogP contribution in [0.5, 0.6) is 5.75 Å². The zero-order valence-corrected chi connectivity index (χ0v) is 15.7. The van der Waals surface area contributed by atoms with Crippen molar-refractivity contribution in [2.45, 2.75) is 58.0 Å². The van der Waals surface area contributed by atoms with Gasteiger partial charge >= 0.3 is 6.03 Å². The maximum absolute atomic E-state index is 13.2. The molecule has 1 aromatic rings. The Morgan fingerprint density at radius 1 is 1.19 bits per heavy atom. The molecule has 26 heavy (non-hydrogen) atoms. The summed E-state index contributed by atoms with van der Waals surface area (Å²) in [6, 6.07) is 4.90. The predicted octanol–water partition coefficient (Wildman–Crippen LogP) is 3.38. The molecule has 2 aliphatic rings. The fourth-order valence-corrected chi connectivity index (χ4v) is 4.06. The molecule has 1 spiro atoms. The van der Waals surface area contributed by atoms with Gasteiger partial charge in [-0.1, -0.05) is 19.3 Å². The average Bonchev–Trinajstić information content (AvgIpc) is 2.80. The highest BCUT2D eigenvalue weighted by Crippen LogP contribution is 2.40. The molecule has 0 aromatic heterocycles. The number of likely N-dealkylation sites (N-methyl/N-ethyl adjacent to an activating group) is 1. The Balaban J connectivity index is 1.93. The van der Waals surface area contributed by atoms with Crippen LogP contribution in [-0.2, 0) is 11.3 Å². The van der Waals surface area contributed by atoms with Crippen LogP contribution in [0.2, 0.25) is 0 Å². The topological polar surface area (TPSA) is 66.9 Å². The van der Waals surface area contributed by atoms with E-state index in [1.54, 1.807) is 30.1 Å². The van der Waals surface area contributed by atoms with E-state index in [9.17, 15) is 14.4 Å². The van der Waals surface area contributed by atoms with Crippen molar-refractivity contribution in [3.63, 3.8) is 0 Å². The predicted molar refractivity (Wildman–Crippen MR) is 97.1 cm³/mol. The summed E-state index contributed by atoms with van der Waals surface area (Å²) >= 11 is 0. The highest BCUT2D eigenvalue weighted by Gasteiger charge is 2.55. The zero-order chi connectivity index (χ0) is 18.9. The van der Waals surface area contributed by atoms with E-state index in [0.29, 0.717) is 23.5 Å². The van der Waals surface area contributed by atoms with Crippen LogP contribution in [0.25, 0.3) is 0 Å². The number of nitrogens with zero attached hydrogens (tertiary/aromatic N) is 2. The number of ether oxygens (including phenoxy) is 1. The molecule has 0 radical (unpaired) electrons. The summed E-state index contributed by atoms with van der Waals surface area (Å²) in [4.78, 5) is 40.6. The molecule has 3 rings (SSSR count). The van der Waals surface area contributed by atoms with Gasteiger partial charge in [0.2, 0.25) is 0 Å². The van der Waals surface area contributed by atoms with E-state index >= 15 is 0 Å².